The van der Waals surface area contributed by atoms with Crippen LogP contribution in [0.4, 0.5) is 10.2 Å². The van der Waals surface area contributed by atoms with E-state index in [1.807, 2.05) is 20.1 Å². The van der Waals surface area contributed by atoms with E-state index in [0.29, 0.717) is 6.54 Å². The third kappa shape index (κ3) is 4.59. The molecule has 118 valence electrons. The second-order valence-electron chi connectivity index (χ2n) is 4.88. The van der Waals surface area contributed by atoms with Crippen molar-refractivity contribution in [3.8, 4) is 0 Å². The summed E-state index contributed by atoms with van der Waals surface area (Å²) in [5.74, 6) is 0.123. The molecule has 0 saturated carbocycles. The van der Waals surface area contributed by atoms with Gasteiger partial charge in [0.1, 0.15) is 0 Å². The first-order chi connectivity index (χ1) is 10.1. The molecule has 0 bridgehead atoms. The molecule has 0 saturated heterocycles. The van der Waals surface area contributed by atoms with Gasteiger partial charge < -0.3 is 10.2 Å². The number of rotatable bonds is 8. The van der Waals surface area contributed by atoms with Crippen molar-refractivity contribution in [2.45, 2.75) is 32.7 Å². The molecule has 0 radical (unpaired) electrons. The van der Waals surface area contributed by atoms with Crippen molar-refractivity contribution in [2.75, 3.05) is 30.9 Å². The summed E-state index contributed by atoms with van der Waals surface area (Å²) in [4.78, 5) is 18.1. The Balaban J connectivity index is 2.96. The van der Waals surface area contributed by atoms with Gasteiger partial charge in [-0.25, -0.2) is 9.37 Å². The molecule has 1 rings (SSSR count). The van der Waals surface area contributed by atoms with Crippen LogP contribution >= 0.6 is 11.8 Å². The third-order valence-corrected chi connectivity index (χ3v) is 4.08. The van der Waals surface area contributed by atoms with E-state index in [9.17, 15) is 9.18 Å². The summed E-state index contributed by atoms with van der Waals surface area (Å²) in [5, 5.41) is 2.90. The second-order valence-corrected chi connectivity index (χ2v) is 5.79. The first kappa shape index (κ1) is 17.8. The van der Waals surface area contributed by atoms with Gasteiger partial charge in [-0.05, 0) is 25.2 Å². The van der Waals surface area contributed by atoms with Gasteiger partial charge in [-0.2, -0.15) is 11.8 Å². The van der Waals surface area contributed by atoms with Crippen molar-refractivity contribution in [2.24, 2.45) is 0 Å². The van der Waals surface area contributed by atoms with Crippen LogP contribution in [0.2, 0.25) is 0 Å². The number of nitrogens with one attached hydrogen (secondary N) is 1. The molecule has 1 N–H and O–H groups in total. The fourth-order valence-electron chi connectivity index (χ4n) is 2.03. The van der Waals surface area contributed by atoms with Crippen LogP contribution in [0, 0.1) is 5.82 Å². The van der Waals surface area contributed by atoms with Gasteiger partial charge in [-0.15, -0.1) is 0 Å². The average molecular weight is 313 g/mol. The van der Waals surface area contributed by atoms with Crippen molar-refractivity contribution in [3.05, 3.63) is 23.6 Å². The quantitative estimate of drug-likeness (QED) is 0.800. The van der Waals surface area contributed by atoms with E-state index in [4.69, 9.17) is 0 Å². The second kappa shape index (κ2) is 8.87. The highest BCUT2D eigenvalue weighted by Crippen LogP contribution is 2.19. The van der Waals surface area contributed by atoms with Crippen LogP contribution in [0.3, 0.4) is 0 Å². The minimum Gasteiger partial charge on any atom is -0.368 e. The standard InChI is InChI=1S/C15H24FN3OS/c1-5-8-17-14-13(16)12(7-9-18-14)15(20)19(3)11(6-2)10-21-4/h7,9,11H,5-6,8,10H2,1-4H3,(H,17,18). The average Bonchev–Trinajstić information content (AvgIpc) is 2.50. The maximum atomic E-state index is 14.4. The molecular weight excluding hydrogens is 289 g/mol. The number of hydrogen-bond donors (Lipinski definition) is 1. The van der Waals surface area contributed by atoms with Crippen LogP contribution in [-0.4, -0.2) is 47.4 Å². The summed E-state index contributed by atoms with van der Waals surface area (Å²) in [6.07, 6.45) is 5.18. The number of anilines is 1. The lowest BCUT2D eigenvalue weighted by atomic mass is 10.1. The van der Waals surface area contributed by atoms with Crippen LogP contribution in [0.25, 0.3) is 0 Å². The summed E-state index contributed by atoms with van der Waals surface area (Å²) < 4.78 is 14.4. The van der Waals surface area contributed by atoms with E-state index in [2.05, 4.69) is 10.3 Å². The van der Waals surface area contributed by atoms with E-state index in [0.717, 1.165) is 18.6 Å². The maximum Gasteiger partial charge on any atom is 0.257 e. The summed E-state index contributed by atoms with van der Waals surface area (Å²) >= 11 is 1.68. The molecule has 6 heteroatoms. The van der Waals surface area contributed by atoms with Crippen molar-refractivity contribution >= 4 is 23.5 Å². The Kier molecular flexibility index (Phi) is 7.50. The topological polar surface area (TPSA) is 45.2 Å². The van der Waals surface area contributed by atoms with Crippen LogP contribution in [0.15, 0.2) is 12.3 Å². The smallest absolute Gasteiger partial charge is 0.257 e. The fourth-order valence-corrected chi connectivity index (χ4v) is 2.87. The molecule has 4 nitrogen and oxygen atoms in total. The fraction of sp³-hybridized carbons (Fsp3) is 0.600. The highest BCUT2D eigenvalue weighted by molar-refractivity contribution is 7.98. The summed E-state index contributed by atoms with van der Waals surface area (Å²) in [6.45, 7) is 4.64. The molecule has 0 spiro atoms. The van der Waals surface area contributed by atoms with Crippen molar-refractivity contribution in [3.63, 3.8) is 0 Å². The molecule has 1 aromatic heterocycles. The summed E-state index contributed by atoms with van der Waals surface area (Å²) in [5.41, 5.74) is 0.0747. The van der Waals surface area contributed by atoms with Gasteiger partial charge in [-0.1, -0.05) is 13.8 Å². The SMILES string of the molecule is CCCNc1nccc(C(=O)N(C)C(CC)CSC)c1F. The highest BCUT2D eigenvalue weighted by atomic mass is 32.2. The number of halogens is 1. The van der Waals surface area contributed by atoms with Gasteiger partial charge in [0.25, 0.3) is 5.91 Å². The lowest BCUT2D eigenvalue weighted by molar-refractivity contribution is 0.0739. The zero-order chi connectivity index (χ0) is 15.8. The number of carbonyl (C=O) groups excluding carboxylic acids is 1. The molecule has 0 aliphatic heterocycles. The lowest BCUT2D eigenvalue weighted by Crippen LogP contribution is -2.38. The number of carbonyl (C=O) groups is 1. The molecular formula is C15H24FN3OS. The first-order valence-corrected chi connectivity index (χ1v) is 8.60. The zero-order valence-electron chi connectivity index (χ0n) is 13.1. The molecule has 0 fully saturated rings. The molecule has 0 aromatic carbocycles. The Hall–Kier alpha value is -1.30. The van der Waals surface area contributed by atoms with E-state index in [-0.39, 0.29) is 23.3 Å². The first-order valence-electron chi connectivity index (χ1n) is 7.21. The van der Waals surface area contributed by atoms with E-state index < -0.39 is 5.82 Å². The molecule has 1 aromatic rings. The number of amides is 1. The molecule has 1 heterocycles. The largest absolute Gasteiger partial charge is 0.368 e. The monoisotopic (exact) mass is 313 g/mol. The van der Waals surface area contributed by atoms with Crippen molar-refractivity contribution < 1.29 is 9.18 Å². The molecule has 1 unspecified atom stereocenters. The highest BCUT2D eigenvalue weighted by Gasteiger charge is 2.23. The number of hydrogen-bond acceptors (Lipinski definition) is 4. The van der Waals surface area contributed by atoms with Crippen LogP contribution in [0.1, 0.15) is 37.0 Å². The lowest BCUT2D eigenvalue weighted by Gasteiger charge is -2.27. The maximum absolute atomic E-state index is 14.4. The minimum absolute atomic E-state index is 0.0747. The van der Waals surface area contributed by atoms with E-state index in [1.165, 1.54) is 12.3 Å². The van der Waals surface area contributed by atoms with Gasteiger partial charge in [0, 0.05) is 31.6 Å². The molecule has 1 amide bonds. The molecule has 0 aliphatic rings. The van der Waals surface area contributed by atoms with Crippen LogP contribution in [0.5, 0.6) is 0 Å². The number of nitrogens with zero attached hydrogens (tertiary/aromatic N) is 2. The number of aromatic nitrogens is 1. The van der Waals surface area contributed by atoms with E-state index >= 15 is 0 Å². The predicted molar refractivity (Wildman–Crippen MR) is 87.5 cm³/mol. The minimum atomic E-state index is -0.568. The van der Waals surface area contributed by atoms with Gasteiger partial charge in [0.2, 0.25) is 0 Å². The number of pyridine rings is 1. The predicted octanol–water partition coefficient (Wildman–Crippen LogP) is 3.26. The summed E-state index contributed by atoms with van der Waals surface area (Å²) in [6, 6.07) is 1.55. The zero-order valence-corrected chi connectivity index (χ0v) is 14.0. The number of thioether (sulfide) groups is 1. The Morgan fingerprint density at radius 1 is 1.52 bits per heavy atom. The van der Waals surface area contributed by atoms with Crippen LogP contribution in [-0.2, 0) is 0 Å². The molecule has 1 atom stereocenters. The molecule has 0 aliphatic carbocycles. The Morgan fingerprint density at radius 2 is 2.24 bits per heavy atom. The third-order valence-electron chi connectivity index (χ3n) is 3.36. The van der Waals surface area contributed by atoms with E-state index in [1.54, 1.807) is 23.7 Å². The van der Waals surface area contributed by atoms with Crippen molar-refractivity contribution in [1.82, 2.24) is 9.88 Å². The van der Waals surface area contributed by atoms with Gasteiger partial charge >= 0.3 is 0 Å². The molecule has 21 heavy (non-hydrogen) atoms. The van der Waals surface area contributed by atoms with Gasteiger partial charge in [0.15, 0.2) is 11.6 Å². The van der Waals surface area contributed by atoms with Crippen molar-refractivity contribution in [1.29, 1.82) is 0 Å². The Morgan fingerprint density at radius 3 is 2.81 bits per heavy atom. The Bertz CT molecular complexity index is 470. The van der Waals surface area contributed by atoms with Crippen LogP contribution < -0.4 is 5.32 Å². The normalized spacial score (nSPS) is 12.0. The van der Waals surface area contributed by atoms with Gasteiger partial charge in [-0.3, -0.25) is 4.79 Å². The Labute approximate surface area is 130 Å². The van der Waals surface area contributed by atoms with Gasteiger partial charge in [0.05, 0.1) is 5.56 Å². The summed E-state index contributed by atoms with van der Waals surface area (Å²) in [7, 11) is 1.73.